The molecule has 0 amide bonds. The summed E-state index contributed by atoms with van der Waals surface area (Å²) >= 11 is 0. The van der Waals surface area contributed by atoms with Crippen LogP contribution < -0.4 is 14.6 Å². The lowest BCUT2D eigenvalue weighted by molar-refractivity contribution is -0.243. The number of hydrogen-bond donors (Lipinski definition) is 0. The highest BCUT2D eigenvalue weighted by Crippen LogP contribution is 2.33. The molecule has 62 valence electrons. The van der Waals surface area contributed by atoms with Crippen LogP contribution in [0, 0.1) is 0 Å². The minimum Gasteiger partial charge on any atom is -0.872 e. The first-order valence-corrected chi connectivity index (χ1v) is 3.53. The second-order valence-electron chi connectivity index (χ2n) is 2.49. The standard InChI is InChI=1S/C9H8O3/c1-6(10)7-2-3-8-9(4-7)12-5-11-8/h2-4,10H,1,5H2/p-1. The van der Waals surface area contributed by atoms with E-state index < -0.39 is 0 Å². The van der Waals surface area contributed by atoms with Gasteiger partial charge in [-0.1, -0.05) is 6.07 Å². The number of rotatable bonds is 1. The summed E-state index contributed by atoms with van der Waals surface area (Å²) in [7, 11) is 0. The molecule has 0 spiro atoms. The number of fused-ring (bicyclic) bond motifs is 1. The van der Waals surface area contributed by atoms with Gasteiger partial charge in [0.15, 0.2) is 11.5 Å². The van der Waals surface area contributed by atoms with Crippen molar-refractivity contribution in [3.05, 3.63) is 30.3 Å². The molecule has 0 aromatic heterocycles. The maximum absolute atomic E-state index is 10.8. The molecule has 0 saturated carbocycles. The zero-order valence-electron chi connectivity index (χ0n) is 6.37. The molecule has 0 saturated heterocycles. The molecule has 1 heterocycles. The van der Waals surface area contributed by atoms with Crippen molar-refractivity contribution in [1.29, 1.82) is 0 Å². The van der Waals surface area contributed by atoms with Gasteiger partial charge in [0, 0.05) is 0 Å². The zero-order valence-corrected chi connectivity index (χ0v) is 6.37. The summed E-state index contributed by atoms with van der Waals surface area (Å²) in [5, 5.41) is 10.8. The van der Waals surface area contributed by atoms with Crippen molar-refractivity contribution >= 4 is 5.76 Å². The fraction of sp³-hybridized carbons (Fsp3) is 0.111. The van der Waals surface area contributed by atoms with Gasteiger partial charge in [-0.25, -0.2) is 0 Å². The minimum atomic E-state index is -0.215. The second kappa shape index (κ2) is 2.44. The first-order chi connectivity index (χ1) is 5.77. The average molecular weight is 163 g/mol. The monoisotopic (exact) mass is 163 g/mol. The van der Waals surface area contributed by atoms with Crippen molar-refractivity contribution in [2.45, 2.75) is 0 Å². The van der Waals surface area contributed by atoms with E-state index >= 15 is 0 Å². The van der Waals surface area contributed by atoms with Crippen LogP contribution in [0.3, 0.4) is 0 Å². The average Bonchev–Trinajstić information content (AvgIpc) is 2.49. The Morgan fingerprint density at radius 2 is 2.08 bits per heavy atom. The van der Waals surface area contributed by atoms with E-state index in [-0.39, 0.29) is 12.6 Å². The molecule has 0 N–H and O–H groups in total. The highest BCUT2D eigenvalue weighted by molar-refractivity contribution is 5.59. The van der Waals surface area contributed by atoms with Crippen LogP contribution in [0.4, 0.5) is 0 Å². The van der Waals surface area contributed by atoms with Crippen molar-refractivity contribution in [1.82, 2.24) is 0 Å². The van der Waals surface area contributed by atoms with Gasteiger partial charge >= 0.3 is 0 Å². The Hall–Kier alpha value is -1.64. The highest BCUT2D eigenvalue weighted by atomic mass is 16.7. The molecule has 0 atom stereocenters. The van der Waals surface area contributed by atoms with Gasteiger partial charge in [0.25, 0.3) is 0 Å². The Bertz CT molecular complexity index is 331. The lowest BCUT2D eigenvalue weighted by Gasteiger charge is -2.09. The number of hydrogen-bond acceptors (Lipinski definition) is 3. The summed E-state index contributed by atoms with van der Waals surface area (Å²) < 4.78 is 10.2. The first-order valence-electron chi connectivity index (χ1n) is 3.53. The number of ether oxygens (including phenoxy) is 2. The third kappa shape index (κ3) is 0.993. The molecule has 2 rings (SSSR count). The molecule has 12 heavy (non-hydrogen) atoms. The van der Waals surface area contributed by atoms with E-state index in [4.69, 9.17) is 9.47 Å². The molecule has 0 unspecified atom stereocenters. The third-order valence-corrected chi connectivity index (χ3v) is 1.69. The lowest BCUT2D eigenvalue weighted by atomic mass is 10.2. The molecule has 1 aromatic rings. The minimum absolute atomic E-state index is 0.215. The summed E-state index contributed by atoms with van der Waals surface area (Å²) in [6, 6.07) is 5.02. The molecule has 1 aliphatic rings. The Morgan fingerprint density at radius 3 is 2.83 bits per heavy atom. The van der Waals surface area contributed by atoms with Gasteiger partial charge in [0.2, 0.25) is 6.79 Å². The quantitative estimate of drug-likeness (QED) is 0.573. The van der Waals surface area contributed by atoms with Crippen molar-refractivity contribution in [3.8, 4) is 11.5 Å². The van der Waals surface area contributed by atoms with Gasteiger partial charge in [0.05, 0.1) is 0 Å². The van der Waals surface area contributed by atoms with Gasteiger partial charge in [-0.2, -0.15) is 0 Å². The van der Waals surface area contributed by atoms with Crippen LogP contribution in [0.15, 0.2) is 24.8 Å². The molecule has 0 aliphatic carbocycles. The maximum Gasteiger partial charge on any atom is 0.231 e. The van der Waals surface area contributed by atoms with Crippen molar-refractivity contribution in [2.24, 2.45) is 0 Å². The summed E-state index contributed by atoms with van der Waals surface area (Å²) in [5.74, 6) is 1.08. The van der Waals surface area contributed by atoms with Crippen LogP contribution in [0.2, 0.25) is 0 Å². The molecule has 3 heteroatoms. The predicted octanol–water partition coefficient (Wildman–Crippen LogP) is 0.746. The summed E-state index contributed by atoms with van der Waals surface area (Å²) in [4.78, 5) is 0. The van der Waals surface area contributed by atoms with E-state index in [9.17, 15) is 5.11 Å². The first kappa shape index (κ1) is 7.03. The third-order valence-electron chi connectivity index (χ3n) is 1.69. The molecule has 0 fully saturated rings. The van der Waals surface area contributed by atoms with Gasteiger partial charge in [-0.15, -0.1) is 12.3 Å². The van der Waals surface area contributed by atoms with Gasteiger partial charge in [-0.3, -0.25) is 0 Å². The Kier molecular flexibility index (Phi) is 1.43. The van der Waals surface area contributed by atoms with Crippen LogP contribution in [-0.4, -0.2) is 6.79 Å². The van der Waals surface area contributed by atoms with E-state index in [1.807, 2.05) is 0 Å². The van der Waals surface area contributed by atoms with E-state index in [0.29, 0.717) is 17.1 Å². The van der Waals surface area contributed by atoms with E-state index in [0.717, 1.165) is 0 Å². The zero-order chi connectivity index (χ0) is 8.55. The topological polar surface area (TPSA) is 41.5 Å². The maximum atomic E-state index is 10.8. The van der Waals surface area contributed by atoms with Crippen molar-refractivity contribution < 1.29 is 14.6 Å². The Labute approximate surface area is 69.9 Å². The largest absolute Gasteiger partial charge is 0.872 e. The normalized spacial score (nSPS) is 13.0. The van der Waals surface area contributed by atoms with Gasteiger partial charge < -0.3 is 14.6 Å². The van der Waals surface area contributed by atoms with E-state index in [2.05, 4.69) is 6.58 Å². The van der Waals surface area contributed by atoms with Crippen LogP contribution in [0.25, 0.3) is 5.76 Å². The fourth-order valence-corrected chi connectivity index (χ4v) is 1.07. The van der Waals surface area contributed by atoms with Gasteiger partial charge in [-0.05, 0) is 17.7 Å². The molecule has 0 radical (unpaired) electrons. The molecular weight excluding hydrogens is 156 g/mol. The van der Waals surface area contributed by atoms with Crippen molar-refractivity contribution in [2.75, 3.05) is 6.79 Å². The van der Waals surface area contributed by atoms with Crippen LogP contribution in [0.5, 0.6) is 11.5 Å². The lowest BCUT2D eigenvalue weighted by Crippen LogP contribution is -1.99. The highest BCUT2D eigenvalue weighted by Gasteiger charge is 2.12. The molecular formula is C9H7O3-. The molecule has 0 bridgehead atoms. The van der Waals surface area contributed by atoms with Crippen LogP contribution in [-0.2, 0) is 0 Å². The number of benzene rings is 1. The predicted molar refractivity (Wildman–Crippen MR) is 41.6 cm³/mol. The van der Waals surface area contributed by atoms with Crippen LogP contribution >= 0.6 is 0 Å². The summed E-state index contributed by atoms with van der Waals surface area (Å²) in [6.45, 7) is 3.53. The van der Waals surface area contributed by atoms with E-state index in [1.165, 1.54) is 0 Å². The Morgan fingerprint density at radius 1 is 1.33 bits per heavy atom. The molecule has 3 nitrogen and oxygen atoms in total. The van der Waals surface area contributed by atoms with Gasteiger partial charge in [0.1, 0.15) is 0 Å². The smallest absolute Gasteiger partial charge is 0.231 e. The SMILES string of the molecule is C=C([O-])c1ccc2c(c1)OCO2. The van der Waals surface area contributed by atoms with E-state index in [1.54, 1.807) is 18.2 Å². The fourth-order valence-electron chi connectivity index (χ4n) is 1.07. The summed E-state index contributed by atoms with van der Waals surface area (Å²) in [6.07, 6.45) is 0. The Balaban J connectivity index is 2.45. The van der Waals surface area contributed by atoms with Crippen LogP contribution in [0.1, 0.15) is 5.56 Å². The molecule has 1 aromatic carbocycles. The molecule has 1 aliphatic heterocycles. The second-order valence-corrected chi connectivity index (χ2v) is 2.49. The summed E-state index contributed by atoms with van der Waals surface area (Å²) in [5.41, 5.74) is 0.541. The van der Waals surface area contributed by atoms with Crippen molar-refractivity contribution in [3.63, 3.8) is 0 Å².